The summed E-state index contributed by atoms with van der Waals surface area (Å²) in [7, 11) is 2.20. The van der Waals surface area contributed by atoms with E-state index >= 15 is 0 Å². The summed E-state index contributed by atoms with van der Waals surface area (Å²) in [6.45, 7) is 9.74. The summed E-state index contributed by atoms with van der Waals surface area (Å²) in [5.41, 5.74) is 0.896. The molecule has 7 nitrogen and oxygen atoms in total. The molecule has 0 amide bonds. The fourth-order valence-electron chi connectivity index (χ4n) is 4.37. The molecule has 0 bridgehead atoms. The average molecular weight is 488 g/mol. The molecule has 9 heteroatoms. The van der Waals surface area contributed by atoms with Crippen LogP contribution in [0.3, 0.4) is 0 Å². The van der Waals surface area contributed by atoms with Crippen molar-refractivity contribution >= 4 is 44.9 Å². The molecule has 0 spiro atoms. The van der Waals surface area contributed by atoms with Crippen LogP contribution in [0.5, 0.6) is 0 Å². The fourth-order valence-corrected chi connectivity index (χ4v) is 5.71. The van der Waals surface area contributed by atoms with Gasteiger partial charge in [0.15, 0.2) is 0 Å². The first kappa shape index (κ1) is 23.9. The Labute approximate surface area is 203 Å². The highest BCUT2D eigenvalue weighted by Gasteiger charge is 2.27. The minimum absolute atomic E-state index is 0.280. The minimum atomic E-state index is -0.943. The third-order valence-electron chi connectivity index (χ3n) is 6.18. The maximum absolute atomic E-state index is 11.6. The number of aromatic nitrogens is 2. The van der Waals surface area contributed by atoms with Gasteiger partial charge in [0.25, 0.3) is 0 Å². The third kappa shape index (κ3) is 5.46. The number of likely N-dealkylation sites (N-methyl/N-ethyl adjacent to an activating group) is 1. The number of piperazine rings is 1. The molecule has 2 N–H and O–H groups in total. The van der Waals surface area contributed by atoms with Gasteiger partial charge >= 0.3 is 5.97 Å². The number of thiophene rings is 1. The second-order valence-corrected chi connectivity index (χ2v) is 10.4. The second kappa shape index (κ2) is 10.3. The van der Waals surface area contributed by atoms with Crippen molar-refractivity contribution in [2.45, 2.75) is 26.3 Å². The Balaban J connectivity index is 1.42. The summed E-state index contributed by atoms with van der Waals surface area (Å²) in [5, 5.41) is 13.9. The molecule has 1 atom stereocenters. The molecule has 33 heavy (non-hydrogen) atoms. The molecule has 3 aromatic rings. The lowest BCUT2D eigenvalue weighted by atomic mass is 9.99. The monoisotopic (exact) mass is 487 g/mol. The van der Waals surface area contributed by atoms with Crippen molar-refractivity contribution in [3.63, 3.8) is 0 Å². The van der Waals surface area contributed by atoms with E-state index in [-0.39, 0.29) is 5.56 Å². The Bertz CT molecular complexity index is 1140. The molecule has 1 aliphatic heterocycles. The highest BCUT2D eigenvalue weighted by molar-refractivity contribution is 7.22. The number of hydrogen-bond acceptors (Lipinski definition) is 7. The van der Waals surface area contributed by atoms with Gasteiger partial charge in [0.1, 0.15) is 5.69 Å². The molecule has 0 aliphatic carbocycles. The Morgan fingerprint density at radius 3 is 2.94 bits per heavy atom. The van der Waals surface area contributed by atoms with Crippen molar-refractivity contribution in [1.82, 2.24) is 19.8 Å². The maximum Gasteiger partial charge on any atom is 0.336 e. The van der Waals surface area contributed by atoms with E-state index in [9.17, 15) is 9.90 Å². The highest BCUT2D eigenvalue weighted by atomic mass is 35.5. The summed E-state index contributed by atoms with van der Waals surface area (Å²) < 4.78 is 0.890. The zero-order valence-corrected chi connectivity index (χ0v) is 20.8. The van der Waals surface area contributed by atoms with Gasteiger partial charge in [-0.25, -0.2) is 14.8 Å². The lowest BCUT2D eigenvalue weighted by Gasteiger charge is -2.42. The van der Waals surface area contributed by atoms with Gasteiger partial charge < -0.3 is 15.3 Å². The van der Waals surface area contributed by atoms with Gasteiger partial charge in [-0.05, 0) is 37.6 Å². The molecule has 1 aliphatic rings. The molecule has 1 unspecified atom stereocenters. The van der Waals surface area contributed by atoms with Gasteiger partial charge in [0, 0.05) is 48.9 Å². The Morgan fingerprint density at radius 1 is 1.36 bits per heavy atom. The molecule has 4 rings (SSSR count). The van der Waals surface area contributed by atoms with Crippen LogP contribution in [0.4, 0.5) is 5.95 Å². The summed E-state index contributed by atoms with van der Waals surface area (Å²) in [5.74, 6) is 0.219. The van der Waals surface area contributed by atoms with Crippen molar-refractivity contribution in [2.24, 2.45) is 5.92 Å². The second-order valence-electron chi connectivity index (χ2n) is 8.91. The number of carboxylic acid groups (broad SMARTS) is 1. The van der Waals surface area contributed by atoms with Crippen LogP contribution < -0.4 is 5.32 Å². The Kier molecular flexibility index (Phi) is 7.48. The van der Waals surface area contributed by atoms with E-state index in [1.54, 1.807) is 18.3 Å². The van der Waals surface area contributed by atoms with Gasteiger partial charge in [0.05, 0.1) is 21.7 Å². The number of anilines is 1. The number of benzene rings is 1. The Hall–Kier alpha value is -2.26. The van der Waals surface area contributed by atoms with E-state index in [2.05, 4.69) is 46.0 Å². The fraction of sp³-hybridized carbons (Fsp3) is 0.458. The summed E-state index contributed by atoms with van der Waals surface area (Å²) in [6.07, 6.45) is 2.60. The minimum Gasteiger partial charge on any atom is -0.478 e. The third-order valence-corrected chi connectivity index (χ3v) is 7.56. The molecule has 2 aromatic heterocycles. The maximum atomic E-state index is 11.6. The average Bonchev–Trinajstić information content (AvgIpc) is 3.22. The summed E-state index contributed by atoms with van der Waals surface area (Å²) in [6, 6.07) is 7.71. The number of carbonyl (C=O) groups is 1. The lowest BCUT2D eigenvalue weighted by Crippen LogP contribution is -2.54. The number of hydrogen-bond donors (Lipinski definition) is 2. The van der Waals surface area contributed by atoms with Gasteiger partial charge in [-0.1, -0.05) is 31.5 Å². The summed E-state index contributed by atoms with van der Waals surface area (Å²) in [4.78, 5) is 26.4. The van der Waals surface area contributed by atoms with E-state index in [4.69, 9.17) is 11.6 Å². The van der Waals surface area contributed by atoms with E-state index in [0.29, 0.717) is 34.0 Å². The number of fused-ring (bicyclic) bond motifs is 1. The van der Waals surface area contributed by atoms with Crippen LogP contribution in [0.25, 0.3) is 20.7 Å². The molecule has 0 saturated carbocycles. The van der Waals surface area contributed by atoms with Crippen LogP contribution in [0.2, 0.25) is 5.02 Å². The van der Waals surface area contributed by atoms with Crippen LogP contribution in [-0.2, 0) is 0 Å². The van der Waals surface area contributed by atoms with Crippen LogP contribution in [-0.4, -0.2) is 76.7 Å². The van der Waals surface area contributed by atoms with E-state index in [1.165, 1.54) is 11.3 Å². The van der Waals surface area contributed by atoms with Crippen LogP contribution in [0, 0.1) is 5.92 Å². The van der Waals surface area contributed by atoms with Gasteiger partial charge in [-0.2, -0.15) is 0 Å². The molecule has 176 valence electrons. The molecule has 1 aromatic carbocycles. The molecule has 3 heterocycles. The van der Waals surface area contributed by atoms with E-state index in [0.717, 1.165) is 48.7 Å². The highest BCUT2D eigenvalue weighted by Crippen LogP contribution is 2.37. The molecule has 1 fully saturated rings. The van der Waals surface area contributed by atoms with Gasteiger partial charge in [-0.3, -0.25) is 4.90 Å². The zero-order valence-electron chi connectivity index (χ0n) is 19.2. The predicted octanol–water partition coefficient (Wildman–Crippen LogP) is 4.78. The SMILES string of the molecule is CC(C)C1CN(C)CCN1CCCNc1ncc(Cl)c(-c2cc3c(C(=O)O)cccc3s2)n1. The molecule has 1 saturated heterocycles. The topological polar surface area (TPSA) is 81.6 Å². The van der Waals surface area contributed by atoms with E-state index in [1.807, 2.05) is 12.1 Å². The molecule has 0 radical (unpaired) electrons. The van der Waals surface area contributed by atoms with Crippen LogP contribution in [0.1, 0.15) is 30.6 Å². The standard InChI is InChI=1S/C24H30ClN5O2S/c1-15(2)19-14-29(3)10-11-30(19)9-5-8-26-24-27-13-18(25)22(28-24)21-12-17-16(23(31)32)6-4-7-20(17)33-21/h4,6-7,12-13,15,19H,5,8-11,14H2,1-3H3,(H,31,32)(H,26,27,28). The first-order valence-electron chi connectivity index (χ1n) is 11.3. The van der Waals surface area contributed by atoms with Crippen molar-refractivity contribution < 1.29 is 9.90 Å². The zero-order chi connectivity index (χ0) is 23.5. The smallest absolute Gasteiger partial charge is 0.336 e. The first-order valence-corrected chi connectivity index (χ1v) is 12.5. The van der Waals surface area contributed by atoms with Crippen LogP contribution >= 0.6 is 22.9 Å². The number of rotatable bonds is 8. The Morgan fingerprint density at radius 2 is 2.18 bits per heavy atom. The number of carboxylic acids is 1. The van der Waals surface area contributed by atoms with Crippen molar-refractivity contribution in [3.05, 3.63) is 41.0 Å². The quantitative estimate of drug-likeness (QED) is 0.442. The van der Waals surface area contributed by atoms with Crippen molar-refractivity contribution in [1.29, 1.82) is 0 Å². The first-order chi connectivity index (χ1) is 15.8. The van der Waals surface area contributed by atoms with Gasteiger partial charge in [-0.15, -0.1) is 11.3 Å². The lowest BCUT2D eigenvalue weighted by molar-refractivity contribution is 0.0631. The molecular formula is C24H30ClN5O2S. The largest absolute Gasteiger partial charge is 0.478 e. The van der Waals surface area contributed by atoms with Crippen LogP contribution in [0.15, 0.2) is 30.5 Å². The van der Waals surface area contributed by atoms with E-state index < -0.39 is 5.97 Å². The van der Waals surface area contributed by atoms with Gasteiger partial charge in [0.2, 0.25) is 5.95 Å². The predicted molar refractivity (Wildman–Crippen MR) is 136 cm³/mol. The number of nitrogens with zero attached hydrogens (tertiary/aromatic N) is 4. The molecular weight excluding hydrogens is 458 g/mol. The normalized spacial score (nSPS) is 17.7. The number of nitrogens with one attached hydrogen (secondary N) is 1. The van der Waals surface area contributed by atoms with Crippen molar-refractivity contribution in [2.75, 3.05) is 45.1 Å². The number of halogens is 1. The van der Waals surface area contributed by atoms with Crippen molar-refractivity contribution in [3.8, 4) is 10.6 Å². The summed E-state index contributed by atoms with van der Waals surface area (Å²) >= 11 is 7.89. The number of aromatic carboxylic acids is 1.